The summed E-state index contributed by atoms with van der Waals surface area (Å²) in [6.07, 6.45) is 6.84. The standard InChI is InChI=1S/C23H23N3O5/c1-29-16-9-15(10-17(11-16)30-2)25-21(27)19-18-3-6-23(31-18)13-26(22(28)20(19)23)12-14-4-7-24-8-5-14/h3-11,18-20H,12-13H2,1-2H3,(H,25,27)/t18-,19-,20-,23+/m1/s1. The first-order valence-corrected chi connectivity index (χ1v) is 10.1. The van der Waals surface area contributed by atoms with Crippen molar-refractivity contribution >= 4 is 17.5 Å². The van der Waals surface area contributed by atoms with E-state index in [1.165, 1.54) is 0 Å². The van der Waals surface area contributed by atoms with Crippen LogP contribution in [-0.2, 0) is 20.9 Å². The minimum atomic E-state index is -0.747. The number of benzene rings is 1. The molecule has 3 aliphatic heterocycles. The summed E-state index contributed by atoms with van der Waals surface area (Å²) in [5.41, 5.74) is 0.784. The Labute approximate surface area is 179 Å². The molecule has 3 aliphatic rings. The van der Waals surface area contributed by atoms with Crippen LogP contribution in [-0.4, -0.2) is 54.2 Å². The van der Waals surface area contributed by atoms with Gasteiger partial charge in [0.1, 0.15) is 17.1 Å². The maximum Gasteiger partial charge on any atom is 0.231 e. The Morgan fingerprint density at radius 1 is 1.23 bits per heavy atom. The van der Waals surface area contributed by atoms with Crippen molar-refractivity contribution in [3.8, 4) is 11.5 Å². The van der Waals surface area contributed by atoms with Crippen LogP contribution in [0.4, 0.5) is 5.69 Å². The van der Waals surface area contributed by atoms with E-state index in [0.717, 1.165) is 5.56 Å². The summed E-state index contributed by atoms with van der Waals surface area (Å²) in [5.74, 6) is -0.331. The van der Waals surface area contributed by atoms with Gasteiger partial charge in [-0.2, -0.15) is 0 Å². The summed E-state index contributed by atoms with van der Waals surface area (Å²) < 4.78 is 16.7. The molecule has 4 atom stereocenters. The van der Waals surface area contributed by atoms with Crippen LogP contribution in [0.25, 0.3) is 0 Å². The molecule has 31 heavy (non-hydrogen) atoms. The van der Waals surface area contributed by atoms with Gasteiger partial charge in [0.2, 0.25) is 11.8 Å². The number of amides is 2. The number of hydrogen-bond acceptors (Lipinski definition) is 6. The van der Waals surface area contributed by atoms with Crippen molar-refractivity contribution in [2.45, 2.75) is 18.2 Å². The summed E-state index contributed by atoms with van der Waals surface area (Å²) in [7, 11) is 3.10. The first-order valence-electron chi connectivity index (χ1n) is 10.1. The fourth-order valence-electron chi connectivity index (χ4n) is 4.83. The van der Waals surface area contributed by atoms with Gasteiger partial charge in [-0.25, -0.2) is 0 Å². The molecule has 160 valence electrons. The number of carbonyl (C=O) groups excluding carboxylic acids is 2. The lowest BCUT2D eigenvalue weighted by atomic mass is 9.77. The summed E-state index contributed by atoms with van der Waals surface area (Å²) in [4.78, 5) is 32.4. The molecule has 1 N–H and O–H groups in total. The number of ether oxygens (including phenoxy) is 3. The highest BCUT2D eigenvalue weighted by Gasteiger charge is 2.66. The van der Waals surface area contributed by atoms with Crippen LogP contribution in [0.1, 0.15) is 5.56 Å². The first kappa shape index (κ1) is 19.6. The summed E-state index contributed by atoms with van der Waals surface area (Å²) in [6.45, 7) is 0.894. The number of carbonyl (C=O) groups is 2. The van der Waals surface area contributed by atoms with Crippen LogP contribution >= 0.6 is 0 Å². The minimum absolute atomic E-state index is 0.0629. The monoisotopic (exact) mass is 421 g/mol. The molecule has 2 bridgehead atoms. The van der Waals surface area contributed by atoms with Gasteiger partial charge in [-0.1, -0.05) is 12.2 Å². The molecule has 4 heterocycles. The predicted octanol–water partition coefficient (Wildman–Crippen LogP) is 2.02. The number of aromatic nitrogens is 1. The zero-order valence-electron chi connectivity index (χ0n) is 17.3. The van der Waals surface area contributed by atoms with Crippen LogP contribution < -0.4 is 14.8 Å². The average molecular weight is 421 g/mol. The molecule has 0 saturated carbocycles. The van der Waals surface area contributed by atoms with E-state index in [4.69, 9.17) is 14.2 Å². The predicted molar refractivity (Wildman–Crippen MR) is 112 cm³/mol. The lowest BCUT2D eigenvalue weighted by molar-refractivity contribution is -0.136. The number of anilines is 1. The Morgan fingerprint density at radius 2 is 1.94 bits per heavy atom. The Balaban J connectivity index is 1.38. The fourth-order valence-corrected chi connectivity index (χ4v) is 4.83. The maximum atomic E-state index is 13.3. The average Bonchev–Trinajstić information content (AvgIpc) is 3.42. The molecule has 5 rings (SSSR count). The van der Waals surface area contributed by atoms with E-state index in [0.29, 0.717) is 30.3 Å². The van der Waals surface area contributed by atoms with Gasteiger partial charge in [0.05, 0.1) is 38.7 Å². The molecule has 2 amide bonds. The highest BCUT2D eigenvalue weighted by molar-refractivity contribution is 5.99. The Kier molecular flexibility index (Phi) is 4.66. The van der Waals surface area contributed by atoms with Gasteiger partial charge in [0.15, 0.2) is 0 Å². The van der Waals surface area contributed by atoms with Gasteiger partial charge in [-0.05, 0) is 17.7 Å². The first-order chi connectivity index (χ1) is 15.0. The van der Waals surface area contributed by atoms with Crippen molar-refractivity contribution in [1.29, 1.82) is 0 Å². The number of methoxy groups -OCH3 is 2. The van der Waals surface area contributed by atoms with E-state index in [1.54, 1.807) is 49.7 Å². The molecule has 1 aromatic carbocycles. The van der Waals surface area contributed by atoms with Gasteiger partial charge >= 0.3 is 0 Å². The van der Waals surface area contributed by atoms with E-state index in [1.807, 2.05) is 24.3 Å². The third-order valence-electron chi connectivity index (χ3n) is 6.22. The molecular formula is C23H23N3O5. The molecule has 2 fully saturated rings. The van der Waals surface area contributed by atoms with Crippen LogP contribution in [0, 0.1) is 11.8 Å². The number of hydrogen-bond donors (Lipinski definition) is 1. The lowest BCUT2D eigenvalue weighted by Crippen LogP contribution is -2.41. The van der Waals surface area contributed by atoms with Crippen molar-refractivity contribution in [2.24, 2.45) is 11.8 Å². The maximum absolute atomic E-state index is 13.3. The fraction of sp³-hybridized carbons (Fsp3) is 0.348. The Morgan fingerprint density at radius 3 is 2.61 bits per heavy atom. The van der Waals surface area contributed by atoms with Crippen LogP contribution in [0.5, 0.6) is 11.5 Å². The molecular weight excluding hydrogens is 398 g/mol. The van der Waals surface area contributed by atoms with E-state index in [-0.39, 0.29) is 11.8 Å². The molecule has 8 heteroatoms. The molecule has 0 aliphatic carbocycles. The van der Waals surface area contributed by atoms with Crippen molar-refractivity contribution in [2.75, 3.05) is 26.1 Å². The van der Waals surface area contributed by atoms with Gasteiger partial charge in [0.25, 0.3) is 0 Å². The third-order valence-corrected chi connectivity index (χ3v) is 6.22. The third kappa shape index (κ3) is 3.23. The Hall–Kier alpha value is -3.39. The van der Waals surface area contributed by atoms with E-state index >= 15 is 0 Å². The summed E-state index contributed by atoms with van der Waals surface area (Å²) in [5, 5.41) is 2.92. The van der Waals surface area contributed by atoms with E-state index < -0.39 is 23.5 Å². The highest BCUT2D eigenvalue weighted by atomic mass is 16.5. The van der Waals surface area contributed by atoms with Gasteiger partial charge in [-0.15, -0.1) is 0 Å². The smallest absolute Gasteiger partial charge is 0.231 e. The number of rotatable bonds is 6. The topological polar surface area (TPSA) is 90.0 Å². The van der Waals surface area contributed by atoms with Gasteiger partial charge < -0.3 is 24.4 Å². The molecule has 1 aromatic heterocycles. The van der Waals surface area contributed by atoms with Crippen molar-refractivity contribution in [1.82, 2.24) is 9.88 Å². The highest BCUT2D eigenvalue weighted by Crippen LogP contribution is 2.52. The van der Waals surface area contributed by atoms with Crippen LogP contribution in [0.15, 0.2) is 54.9 Å². The minimum Gasteiger partial charge on any atom is -0.497 e. The second-order valence-corrected chi connectivity index (χ2v) is 8.04. The van der Waals surface area contributed by atoms with Crippen LogP contribution in [0.2, 0.25) is 0 Å². The number of nitrogens with one attached hydrogen (secondary N) is 1. The SMILES string of the molecule is COc1cc(NC(=O)[C@@H]2[C@H]3C=C[C@@]4(CN(Cc5ccncc5)C(=O)[C@@H]24)O3)cc(OC)c1. The van der Waals surface area contributed by atoms with E-state index in [9.17, 15) is 9.59 Å². The summed E-state index contributed by atoms with van der Waals surface area (Å²) >= 11 is 0. The zero-order chi connectivity index (χ0) is 21.6. The molecule has 0 radical (unpaired) electrons. The quantitative estimate of drug-likeness (QED) is 0.718. The van der Waals surface area contributed by atoms with Crippen LogP contribution in [0.3, 0.4) is 0 Å². The molecule has 0 unspecified atom stereocenters. The second kappa shape index (κ2) is 7.39. The van der Waals surface area contributed by atoms with E-state index in [2.05, 4.69) is 10.3 Å². The normalized spacial score (nSPS) is 28.0. The Bertz CT molecular complexity index is 1030. The van der Waals surface area contributed by atoms with Crippen molar-refractivity contribution in [3.05, 3.63) is 60.4 Å². The summed E-state index contributed by atoms with van der Waals surface area (Å²) in [6, 6.07) is 8.92. The number of pyridine rings is 1. The second-order valence-electron chi connectivity index (χ2n) is 8.04. The number of fused-ring (bicyclic) bond motifs is 1. The molecule has 8 nitrogen and oxygen atoms in total. The molecule has 2 aromatic rings. The molecule has 2 saturated heterocycles. The number of nitrogens with zero attached hydrogens (tertiary/aromatic N) is 2. The van der Waals surface area contributed by atoms with Gasteiger partial charge in [-0.3, -0.25) is 14.6 Å². The largest absolute Gasteiger partial charge is 0.497 e. The lowest BCUT2D eigenvalue weighted by Gasteiger charge is -2.23. The molecule has 1 spiro atoms. The van der Waals surface area contributed by atoms with Crippen molar-refractivity contribution < 1.29 is 23.8 Å². The van der Waals surface area contributed by atoms with Crippen molar-refractivity contribution in [3.63, 3.8) is 0 Å². The zero-order valence-corrected chi connectivity index (χ0v) is 17.3. The van der Waals surface area contributed by atoms with Gasteiger partial charge in [0, 0.05) is 42.8 Å². The number of likely N-dealkylation sites (tertiary alicyclic amines) is 1.